The van der Waals surface area contributed by atoms with Gasteiger partial charge in [-0.05, 0) is 50.5 Å². The molecule has 3 atom stereocenters. The Hall–Kier alpha value is -2.55. The van der Waals surface area contributed by atoms with Gasteiger partial charge in [-0.3, -0.25) is 19.4 Å². The standard InChI is InChI=1S/C27H36F2N4O3/c1-31-24(35)26(32(2)25(31)36)16-20-8-9-21(17-26)33(20)15-12-22(18-6-4-3-5-7-18)30-23(34)19-10-13-27(28,29)14-11-19/h3-7,19-22H,8-17H2,1-2H3,(H,30,34). The van der Waals surface area contributed by atoms with Gasteiger partial charge in [0.25, 0.3) is 5.91 Å². The van der Waals surface area contributed by atoms with Crippen LogP contribution in [0.2, 0.25) is 0 Å². The molecular formula is C27H36F2N4O3. The SMILES string of the molecule is CN1C(=O)N(C)C2(CC3CCC(C2)N3CCC(NC(=O)C2CCC(F)(F)CC2)c2ccccc2)C1=O. The molecule has 3 aliphatic heterocycles. The molecule has 4 amide bonds. The summed E-state index contributed by atoms with van der Waals surface area (Å²) in [6, 6.07) is 9.78. The lowest BCUT2D eigenvalue weighted by molar-refractivity contribution is -0.136. The third-order valence-electron chi connectivity index (χ3n) is 9.12. The van der Waals surface area contributed by atoms with Crippen LogP contribution in [0.15, 0.2) is 30.3 Å². The van der Waals surface area contributed by atoms with Gasteiger partial charge in [-0.15, -0.1) is 0 Å². The minimum Gasteiger partial charge on any atom is -0.349 e. The highest BCUT2D eigenvalue weighted by molar-refractivity contribution is 6.06. The summed E-state index contributed by atoms with van der Waals surface area (Å²) in [5.41, 5.74) is 0.260. The number of benzene rings is 1. The Balaban J connectivity index is 1.26. The molecule has 1 saturated carbocycles. The fraction of sp³-hybridized carbons (Fsp3) is 0.667. The molecule has 4 aliphatic rings. The smallest absolute Gasteiger partial charge is 0.327 e. The zero-order valence-corrected chi connectivity index (χ0v) is 21.1. The Bertz CT molecular complexity index is 996. The van der Waals surface area contributed by atoms with Crippen molar-refractivity contribution in [2.75, 3.05) is 20.6 Å². The van der Waals surface area contributed by atoms with Crippen LogP contribution in [0.5, 0.6) is 0 Å². The predicted molar refractivity (Wildman–Crippen MR) is 130 cm³/mol. The van der Waals surface area contributed by atoms with Gasteiger partial charge in [0, 0.05) is 51.5 Å². The van der Waals surface area contributed by atoms with Crippen LogP contribution >= 0.6 is 0 Å². The van der Waals surface area contributed by atoms with E-state index in [2.05, 4.69) is 10.2 Å². The van der Waals surface area contributed by atoms with E-state index in [4.69, 9.17) is 0 Å². The first-order valence-electron chi connectivity index (χ1n) is 13.2. The highest BCUT2D eigenvalue weighted by atomic mass is 19.3. The largest absolute Gasteiger partial charge is 0.349 e. The molecule has 1 aromatic carbocycles. The van der Waals surface area contributed by atoms with Crippen molar-refractivity contribution in [1.29, 1.82) is 0 Å². The van der Waals surface area contributed by atoms with Crippen LogP contribution in [-0.2, 0) is 9.59 Å². The van der Waals surface area contributed by atoms with E-state index >= 15 is 0 Å². The summed E-state index contributed by atoms with van der Waals surface area (Å²) in [6.45, 7) is 0.760. The summed E-state index contributed by atoms with van der Waals surface area (Å²) in [5, 5.41) is 3.17. The summed E-state index contributed by atoms with van der Waals surface area (Å²) in [4.78, 5) is 43.9. The second-order valence-corrected chi connectivity index (χ2v) is 11.2. The number of likely N-dealkylation sites (N-methyl/N-ethyl adjacent to an activating group) is 2. The Kier molecular flexibility index (Phi) is 6.55. The third-order valence-corrected chi connectivity index (χ3v) is 9.12. The monoisotopic (exact) mass is 502 g/mol. The van der Waals surface area contributed by atoms with Gasteiger partial charge in [0.2, 0.25) is 11.8 Å². The van der Waals surface area contributed by atoms with Crippen molar-refractivity contribution in [3.05, 3.63) is 35.9 Å². The first-order valence-corrected chi connectivity index (χ1v) is 13.2. The van der Waals surface area contributed by atoms with Crippen LogP contribution in [0, 0.1) is 5.92 Å². The van der Waals surface area contributed by atoms with Gasteiger partial charge in [-0.1, -0.05) is 30.3 Å². The first-order chi connectivity index (χ1) is 17.1. The maximum Gasteiger partial charge on any atom is 0.327 e. The molecule has 0 aromatic heterocycles. The normalized spacial score (nSPS) is 31.3. The van der Waals surface area contributed by atoms with Crippen LogP contribution < -0.4 is 5.32 Å². The van der Waals surface area contributed by atoms with Crippen molar-refractivity contribution >= 4 is 17.8 Å². The molecule has 7 nitrogen and oxygen atoms in total. The minimum absolute atomic E-state index is 0.0981. The molecule has 9 heteroatoms. The summed E-state index contributed by atoms with van der Waals surface area (Å²) >= 11 is 0. The van der Waals surface area contributed by atoms with Crippen molar-refractivity contribution in [3.63, 3.8) is 0 Å². The molecular weight excluding hydrogens is 466 g/mol. The molecule has 1 aliphatic carbocycles. The van der Waals surface area contributed by atoms with Gasteiger partial charge in [0.15, 0.2) is 0 Å². The summed E-state index contributed by atoms with van der Waals surface area (Å²) in [6.07, 6.45) is 3.91. The maximum absolute atomic E-state index is 13.6. The highest BCUT2D eigenvalue weighted by Crippen LogP contribution is 2.46. The lowest BCUT2D eigenvalue weighted by atomic mass is 9.81. The van der Waals surface area contributed by atoms with Gasteiger partial charge >= 0.3 is 6.03 Å². The molecule has 3 heterocycles. The van der Waals surface area contributed by atoms with E-state index in [1.54, 1.807) is 19.0 Å². The molecule has 3 unspecified atom stereocenters. The number of nitrogens with one attached hydrogen (secondary N) is 1. The predicted octanol–water partition coefficient (Wildman–Crippen LogP) is 3.95. The van der Waals surface area contributed by atoms with Crippen molar-refractivity contribution in [3.8, 4) is 0 Å². The van der Waals surface area contributed by atoms with Crippen LogP contribution in [0.1, 0.15) is 69.4 Å². The van der Waals surface area contributed by atoms with Crippen LogP contribution in [0.4, 0.5) is 13.6 Å². The highest BCUT2D eigenvalue weighted by Gasteiger charge is 2.60. The van der Waals surface area contributed by atoms with Crippen molar-refractivity contribution < 1.29 is 23.2 Å². The van der Waals surface area contributed by atoms with Gasteiger partial charge in [0.05, 0.1) is 6.04 Å². The maximum atomic E-state index is 13.6. The number of carbonyl (C=O) groups is 3. The van der Waals surface area contributed by atoms with Crippen molar-refractivity contribution in [2.24, 2.45) is 5.92 Å². The number of fused-ring (bicyclic) bond motifs is 2. The zero-order valence-electron chi connectivity index (χ0n) is 21.1. The Morgan fingerprint density at radius 3 is 2.19 bits per heavy atom. The van der Waals surface area contributed by atoms with E-state index in [1.165, 1.54) is 4.90 Å². The first kappa shape index (κ1) is 25.1. The Morgan fingerprint density at radius 1 is 1.03 bits per heavy atom. The molecule has 1 aromatic rings. The fourth-order valence-electron chi connectivity index (χ4n) is 6.96. The zero-order chi connectivity index (χ0) is 25.7. The van der Waals surface area contributed by atoms with E-state index in [9.17, 15) is 23.2 Å². The van der Waals surface area contributed by atoms with E-state index in [0.717, 1.165) is 24.9 Å². The Labute approximate surface area is 211 Å². The molecule has 0 radical (unpaired) electrons. The number of rotatable bonds is 6. The minimum atomic E-state index is -2.66. The summed E-state index contributed by atoms with van der Waals surface area (Å²) in [7, 11) is 3.30. The second-order valence-electron chi connectivity index (χ2n) is 11.2. The number of halogens is 2. The van der Waals surface area contributed by atoms with Crippen molar-refractivity contribution in [1.82, 2.24) is 20.0 Å². The summed E-state index contributed by atoms with van der Waals surface area (Å²) in [5.74, 6) is -3.27. The number of imide groups is 1. The van der Waals surface area contributed by atoms with Crippen LogP contribution in [0.3, 0.4) is 0 Å². The molecule has 1 spiro atoms. The number of hydrogen-bond donors (Lipinski definition) is 1. The third kappa shape index (κ3) is 4.40. The molecule has 36 heavy (non-hydrogen) atoms. The number of amides is 4. The number of alkyl halides is 2. The second kappa shape index (κ2) is 9.39. The molecule has 4 fully saturated rings. The molecule has 1 N–H and O–H groups in total. The van der Waals surface area contributed by atoms with Crippen molar-refractivity contribution in [2.45, 2.75) is 87.4 Å². The fourth-order valence-corrected chi connectivity index (χ4v) is 6.96. The average Bonchev–Trinajstić information content (AvgIpc) is 3.19. The van der Waals surface area contributed by atoms with E-state index in [-0.39, 0.29) is 67.6 Å². The number of hydrogen-bond acceptors (Lipinski definition) is 4. The molecule has 3 saturated heterocycles. The topological polar surface area (TPSA) is 73.0 Å². The van der Waals surface area contributed by atoms with E-state index in [0.29, 0.717) is 19.3 Å². The number of carbonyl (C=O) groups excluding carboxylic acids is 3. The number of nitrogens with zero attached hydrogens (tertiary/aromatic N) is 3. The molecule has 196 valence electrons. The quantitative estimate of drug-likeness (QED) is 0.598. The van der Waals surface area contributed by atoms with E-state index < -0.39 is 11.5 Å². The lowest BCUT2D eigenvalue weighted by Gasteiger charge is -2.46. The lowest BCUT2D eigenvalue weighted by Crippen LogP contribution is -2.59. The van der Waals surface area contributed by atoms with Gasteiger partial charge < -0.3 is 10.2 Å². The molecule has 2 bridgehead atoms. The Morgan fingerprint density at radius 2 is 1.64 bits per heavy atom. The number of urea groups is 1. The van der Waals surface area contributed by atoms with Gasteiger partial charge in [-0.2, -0.15) is 0 Å². The number of piperidine rings is 1. The van der Waals surface area contributed by atoms with Gasteiger partial charge in [0.1, 0.15) is 5.54 Å². The van der Waals surface area contributed by atoms with Crippen LogP contribution in [-0.4, -0.2) is 76.7 Å². The van der Waals surface area contributed by atoms with Gasteiger partial charge in [-0.25, -0.2) is 13.6 Å². The summed E-state index contributed by atoms with van der Waals surface area (Å²) < 4.78 is 27.2. The average molecular weight is 503 g/mol. The molecule has 5 rings (SSSR count). The van der Waals surface area contributed by atoms with Crippen LogP contribution in [0.25, 0.3) is 0 Å². The van der Waals surface area contributed by atoms with E-state index in [1.807, 2.05) is 30.3 Å².